The molecule has 30 heavy (non-hydrogen) atoms. The molecule has 4 heterocycles. The first kappa shape index (κ1) is 17.8. The number of rotatable bonds is 1. The van der Waals surface area contributed by atoms with Crippen molar-refractivity contribution in [2.45, 2.75) is 38.3 Å². The zero-order valence-electron chi connectivity index (χ0n) is 17.0. The van der Waals surface area contributed by atoms with Crippen molar-refractivity contribution in [2.24, 2.45) is 11.8 Å². The van der Waals surface area contributed by atoms with E-state index in [2.05, 4.69) is 10.2 Å². The Kier molecular flexibility index (Phi) is 3.44. The van der Waals surface area contributed by atoms with E-state index in [4.69, 9.17) is 0 Å². The number of nitrogens with zero attached hydrogens (tertiary/aromatic N) is 2. The zero-order valence-corrected chi connectivity index (χ0v) is 17.0. The van der Waals surface area contributed by atoms with Crippen LogP contribution in [0.1, 0.15) is 29.5 Å². The van der Waals surface area contributed by atoms with Crippen molar-refractivity contribution in [3.63, 3.8) is 0 Å². The van der Waals surface area contributed by atoms with Crippen LogP contribution in [0.5, 0.6) is 0 Å². The fraction of sp³-hybridized carbons (Fsp3) is 0.375. The highest BCUT2D eigenvalue weighted by atomic mass is 16.2. The summed E-state index contributed by atoms with van der Waals surface area (Å²) < 4.78 is 0. The summed E-state index contributed by atoms with van der Waals surface area (Å²) in [6.45, 7) is 4.69. The maximum absolute atomic E-state index is 13.8. The molecule has 2 aromatic rings. The largest absolute Gasteiger partial charge is 0.324 e. The Balaban J connectivity index is 1.56. The van der Waals surface area contributed by atoms with Gasteiger partial charge in [-0.15, -0.1) is 0 Å². The van der Waals surface area contributed by atoms with Crippen molar-refractivity contribution in [3.05, 3.63) is 59.2 Å². The monoisotopic (exact) mass is 401 g/mol. The number of carbonyl (C=O) groups excluding carboxylic acids is 3. The third-order valence-electron chi connectivity index (χ3n) is 7.44. The lowest BCUT2D eigenvalue weighted by molar-refractivity contribution is -0.135. The molecule has 0 aromatic heterocycles. The van der Waals surface area contributed by atoms with Crippen LogP contribution in [0.4, 0.5) is 11.4 Å². The van der Waals surface area contributed by atoms with Crippen LogP contribution in [-0.4, -0.2) is 35.2 Å². The van der Waals surface area contributed by atoms with Crippen molar-refractivity contribution >= 4 is 29.1 Å². The summed E-state index contributed by atoms with van der Waals surface area (Å²) in [5.41, 5.74) is 3.20. The van der Waals surface area contributed by atoms with Gasteiger partial charge in [0.2, 0.25) is 17.7 Å². The van der Waals surface area contributed by atoms with E-state index >= 15 is 0 Å². The van der Waals surface area contributed by atoms with Gasteiger partial charge in [-0.1, -0.05) is 35.4 Å². The third kappa shape index (κ3) is 1.95. The van der Waals surface area contributed by atoms with Gasteiger partial charge in [-0.25, -0.2) is 4.90 Å². The maximum atomic E-state index is 13.8. The van der Waals surface area contributed by atoms with Crippen LogP contribution in [0.25, 0.3) is 0 Å². The number of nitrogens with one attached hydrogen (secondary N) is 1. The van der Waals surface area contributed by atoms with E-state index in [0.717, 1.165) is 41.8 Å². The number of carbonyl (C=O) groups is 3. The molecule has 4 atom stereocenters. The maximum Gasteiger partial charge on any atom is 0.250 e. The first-order valence-electron chi connectivity index (χ1n) is 10.6. The minimum atomic E-state index is -1.10. The van der Waals surface area contributed by atoms with Gasteiger partial charge < -0.3 is 5.32 Å². The highest BCUT2D eigenvalue weighted by Gasteiger charge is 2.74. The van der Waals surface area contributed by atoms with Gasteiger partial charge >= 0.3 is 0 Å². The Bertz CT molecular complexity index is 1130. The second-order valence-electron chi connectivity index (χ2n) is 9.02. The summed E-state index contributed by atoms with van der Waals surface area (Å²) in [6.07, 6.45) is 1.76. The molecule has 4 aliphatic heterocycles. The quantitative estimate of drug-likeness (QED) is 0.746. The van der Waals surface area contributed by atoms with Gasteiger partial charge in [-0.2, -0.15) is 0 Å². The van der Waals surface area contributed by atoms with E-state index in [0.29, 0.717) is 5.69 Å². The van der Waals surface area contributed by atoms with Crippen LogP contribution >= 0.6 is 0 Å². The van der Waals surface area contributed by atoms with Crippen LogP contribution in [0.2, 0.25) is 0 Å². The van der Waals surface area contributed by atoms with Crippen molar-refractivity contribution in [2.75, 3.05) is 16.8 Å². The molecule has 0 radical (unpaired) electrons. The summed E-state index contributed by atoms with van der Waals surface area (Å²) in [6, 6.07) is 13.2. The lowest BCUT2D eigenvalue weighted by Gasteiger charge is -2.36. The number of amides is 3. The van der Waals surface area contributed by atoms with E-state index < -0.39 is 17.4 Å². The van der Waals surface area contributed by atoms with Crippen LogP contribution in [0.3, 0.4) is 0 Å². The molecule has 1 spiro atoms. The molecule has 3 saturated heterocycles. The van der Waals surface area contributed by atoms with Crippen molar-refractivity contribution in [1.29, 1.82) is 0 Å². The number of imide groups is 1. The number of anilines is 2. The molecule has 1 N–H and O–H groups in total. The van der Waals surface area contributed by atoms with Crippen LogP contribution in [0, 0.1) is 25.7 Å². The fourth-order valence-electron chi connectivity index (χ4n) is 6.27. The zero-order chi connectivity index (χ0) is 20.8. The van der Waals surface area contributed by atoms with Gasteiger partial charge in [-0.3, -0.25) is 19.3 Å². The van der Waals surface area contributed by atoms with Gasteiger partial charge in [0.05, 0.1) is 17.5 Å². The lowest BCUT2D eigenvalue weighted by atomic mass is 9.75. The SMILES string of the molecule is Cc1ccc(N2C(=O)[C@H]3[C@@H](C2=O)[C@@]2(C(=O)Nc4ccc(C)cc42)N2CCC[C@@H]32)cc1. The summed E-state index contributed by atoms with van der Waals surface area (Å²) >= 11 is 0. The van der Waals surface area contributed by atoms with Gasteiger partial charge in [0, 0.05) is 17.3 Å². The van der Waals surface area contributed by atoms with Gasteiger partial charge in [-0.05, 0) is 51.4 Å². The van der Waals surface area contributed by atoms with Crippen LogP contribution in [-0.2, 0) is 19.9 Å². The molecule has 0 bridgehead atoms. The molecule has 0 unspecified atom stereocenters. The summed E-state index contributed by atoms with van der Waals surface area (Å²) in [4.78, 5) is 44.5. The molecule has 6 heteroatoms. The Labute approximate surface area is 174 Å². The highest BCUT2D eigenvalue weighted by Crippen LogP contribution is 2.60. The fourth-order valence-corrected chi connectivity index (χ4v) is 6.27. The Morgan fingerprint density at radius 2 is 1.70 bits per heavy atom. The normalized spacial score (nSPS) is 32.0. The number of benzene rings is 2. The van der Waals surface area contributed by atoms with E-state index in [-0.39, 0.29) is 23.8 Å². The highest BCUT2D eigenvalue weighted by molar-refractivity contribution is 6.25. The molecule has 6 nitrogen and oxygen atoms in total. The summed E-state index contributed by atoms with van der Waals surface area (Å²) in [5.74, 6) is -1.78. The average molecular weight is 401 g/mol. The lowest BCUT2D eigenvalue weighted by Crippen LogP contribution is -2.54. The van der Waals surface area contributed by atoms with E-state index in [1.54, 1.807) is 0 Å². The minimum absolute atomic E-state index is 0.0842. The average Bonchev–Trinajstić information content (AvgIpc) is 3.42. The molecule has 6 rings (SSSR count). The Morgan fingerprint density at radius 3 is 2.47 bits per heavy atom. The van der Waals surface area contributed by atoms with Crippen molar-refractivity contribution in [3.8, 4) is 0 Å². The molecule has 3 fully saturated rings. The summed E-state index contributed by atoms with van der Waals surface area (Å²) in [5, 5.41) is 3.02. The number of hydrogen-bond acceptors (Lipinski definition) is 4. The van der Waals surface area contributed by atoms with Crippen molar-refractivity contribution < 1.29 is 14.4 Å². The molecule has 3 amide bonds. The molecule has 4 aliphatic rings. The van der Waals surface area contributed by atoms with Crippen LogP contribution in [0.15, 0.2) is 42.5 Å². The smallest absolute Gasteiger partial charge is 0.250 e. The number of hydrogen-bond donors (Lipinski definition) is 1. The predicted molar refractivity (Wildman–Crippen MR) is 112 cm³/mol. The predicted octanol–water partition coefficient (Wildman–Crippen LogP) is 2.73. The first-order chi connectivity index (χ1) is 14.4. The number of fused-ring (bicyclic) bond motifs is 7. The Hall–Kier alpha value is -2.99. The molecule has 2 aromatic carbocycles. The molecular formula is C24H23N3O3. The summed E-state index contributed by atoms with van der Waals surface area (Å²) in [7, 11) is 0. The third-order valence-corrected chi connectivity index (χ3v) is 7.44. The Morgan fingerprint density at radius 1 is 0.967 bits per heavy atom. The minimum Gasteiger partial charge on any atom is -0.324 e. The second kappa shape index (κ2) is 5.79. The van der Waals surface area contributed by atoms with E-state index in [1.807, 2.05) is 56.3 Å². The second-order valence-corrected chi connectivity index (χ2v) is 9.02. The molecule has 0 aliphatic carbocycles. The molecular weight excluding hydrogens is 378 g/mol. The van der Waals surface area contributed by atoms with Gasteiger partial charge in [0.25, 0.3) is 0 Å². The van der Waals surface area contributed by atoms with E-state index in [1.165, 1.54) is 4.90 Å². The van der Waals surface area contributed by atoms with Crippen LogP contribution < -0.4 is 10.2 Å². The number of aryl methyl sites for hydroxylation is 2. The van der Waals surface area contributed by atoms with Gasteiger partial charge in [0.1, 0.15) is 5.54 Å². The first-order valence-corrected chi connectivity index (χ1v) is 10.6. The van der Waals surface area contributed by atoms with Gasteiger partial charge in [0.15, 0.2) is 0 Å². The van der Waals surface area contributed by atoms with E-state index in [9.17, 15) is 14.4 Å². The topological polar surface area (TPSA) is 69.7 Å². The molecule has 152 valence electrons. The van der Waals surface area contributed by atoms with Crippen molar-refractivity contribution in [1.82, 2.24) is 4.90 Å². The standard InChI is InChI=1S/C24H23N3O3/c1-13-5-8-15(9-6-13)27-21(28)19-18-4-3-11-26(18)24(20(19)22(27)29)16-12-14(2)7-10-17(16)25-23(24)30/h5-10,12,18-20H,3-4,11H2,1-2H3,(H,25,30)/t18-,19+,20-,24-/m0/s1. The molecule has 0 saturated carbocycles.